The van der Waals surface area contributed by atoms with Crippen LogP contribution in [0.2, 0.25) is 0 Å². The Balaban J connectivity index is 3.11. The SMILES string of the molecule is CC[C@](C)(NS(=O)(=O)c1ccc(C(C)=O)cc1)C(=O)OC. The van der Waals surface area contributed by atoms with Gasteiger partial charge in [0.1, 0.15) is 5.54 Å². The summed E-state index contributed by atoms with van der Waals surface area (Å²) in [6.45, 7) is 4.53. The van der Waals surface area contributed by atoms with Crippen LogP contribution in [0.4, 0.5) is 0 Å². The maximum absolute atomic E-state index is 12.3. The highest BCUT2D eigenvalue weighted by molar-refractivity contribution is 7.89. The minimum atomic E-state index is -3.89. The minimum absolute atomic E-state index is 0.0175. The van der Waals surface area contributed by atoms with Crippen LogP contribution in [0.15, 0.2) is 29.2 Å². The molecule has 0 amide bonds. The molecule has 7 heteroatoms. The zero-order chi connectivity index (χ0) is 16.3. The number of carbonyl (C=O) groups is 2. The van der Waals surface area contributed by atoms with Crippen molar-refractivity contribution in [3.63, 3.8) is 0 Å². The molecule has 1 atom stereocenters. The second-order valence-electron chi connectivity index (χ2n) is 4.86. The first-order chi connectivity index (χ1) is 9.66. The zero-order valence-electron chi connectivity index (χ0n) is 12.5. The third-order valence-electron chi connectivity index (χ3n) is 3.27. The lowest BCUT2D eigenvalue weighted by molar-refractivity contribution is -0.147. The van der Waals surface area contributed by atoms with Gasteiger partial charge in [-0.15, -0.1) is 0 Å². The fourth-order valence-corrected chi connectivity index (χ4v) is 3.14. The van der Waals surface area contributed by atoms with Crippen molar-refractivity contribution in [3.8, 4) is 0 Å². The Labute approximate surface area is 124 Å². The van der Waals surface area contributed by atoms with Crippen LogP contribution in [0.25, 0.3) is 0 Å². The molecule has 0 radical (unpaired) electrons. The number of benzene rings is 1. The van der Waals surface area contributed by atoms with Gasteiger partial charge in [0.2, 0.25) is 10.0 Å². The van der Waals surface area contributed by atoms with Crippen LogP contribution in [0, 0.1) is 0 Å². The van der Waals surface area contributed by atoms with Gasteiger partial charge in [-0.1, -0.05) is 19.1 Å². The number of nitrogens with one attached hydrogen (secondary N) is 1. The average Bonchev–Trinajstić information content (AvgIpc) is 2.45. The van der Waals surface area contributed by atoms with Crippen molar-refractivity contribution in [1.82, 2.24) is 4.72 Å². The predicted molar refractivity (Wildman–Crippen MR) is 77.5 cm³/mol. The average molecular weight is 313 g/mol. The Bertz CT molecular complexity index is 636. The van der Waals surface area contributed by atoms with Gasteiger partial charge in [-0.05, 0) is 32.4 Å². The summed E-state index contributed by atoms with van der Waals surface area (Å²) in [6.07, 6.45) is 0.241. The van der Waals surface area contributed by atoms with E-state index in [9.17, 15) is 18.0 Å². The number of carbonyl (C=O) groups excluding carboxylic acids is 2. The van der Waals surface area contributed by atoms with Gasteiger partial charge in [0, 0.05) is 5.56 Å². The maximum atomic E-state index is 12.3. The highest BCUT2D eigenvalue weighted by Gasteiger charge is 2.37. The first-order valence-electron chi connectivity index (χ1n) is 6.39. The third-order valence-corrected chi connectivity index (χ3v) is 4.89. The number of hydrogen-bond donors (Lipinski definition) is 1. The van der Waals surface area contributed by atoms with Crippen LogP contribution in [0.1, 0.15) is 37.6 Å². The Morgan fingerprint density at radius 3 is 2.14 bits per heavy atom. The molecule has 1 aromatic rings. The molecule has 0 saturated carbocycles. The van der Waals surface area contributed by atoms with Gasteiger partial charge < -0.3 is 4.74 Å². The van der Waals surface area contributed by atoms with Crippen molar-refractivity contribution in [2.45, 2.75) is 37.6 Å². The summed E-state index contributed by atoms with van der Waals surface area (Å²) in [5.41, 5.74) is -0.924. The minimum Gasteiger partial charge on any atom is -0.468 e. The van der Waals surface area contributed by atoms with Crippen LogP contribution < -0.4 is 4.72 Å². The monoisotopic (exact) mass is 313 g/mol. The molecule has 0 fully saturated rings. The first kappa shape index (κ1) is 17.3. The summed E-state index contributed by atoms with van der Waals surface area (Å²) in [5.74, 6) is -0.811. The molecule has 1 rings (SSSR count). The molecular formula is C14H19NO5S. The molecule has 0 aliphatic carbocycles. The van der Waals surface area contributed by atoms with Crippen LogP contribution in [0.3, 0.4) is 0 Å². The van der Waals surface area contributed by atoms with Gasteiger partial charge in [-0.3, -0.25) is 9.59 Å². The van der Waals surface area contributed by atoms with Crippen molar-refractivity contribution >= 4 is 21.8 Å². The number of ketones is 1. The summed E-state index contributed by atoms with van der Waals surface area (Å²) >= 11 is 0. The molecule has 21 heavy (non-hydrogen) atoms. The molecule has 0 aliphatic heterocycles. The lowest BCUT2D eigenvalue weighted by Gasteiger charge is -2.26. The van der Waals surface area contributed by atoms with E-state index in [0.717, 1.165) is 0 Å². The molecule has 0 aliphatic rings. The highest BCUT2D eigenvalue weighted by Crippen LogP contribution is 2.18. The van der Waals surface area contributed by atoms with Gasteiger partial charge in [0.15, 0.2) is 5.78 Å². The highest BCUT2D eigenvalue weighted by atomic mass is 32.2. The van der Waals surface area contributed by atoms with E-state index in [-0.39, 0.29) is 17.1 Å². The Kier molecular flexibility index (Phi) is 5.25. The van der Waals surface area contributed by atoms with E-state index in [2.05, 4.69) is 9.46 Å². The molecule has 0 bridgehead atoms. The van der Waals surface area contributed by atoms with Crippen molar-refractivity contribution < 1.29 is 22.7 Å². The van der Waals surface area contributed by atoms with Crippen LogP contribution in [-0.2, 0) is 19.6 Å². The quantitative estimate of drug-likeness (QED) is 0.635. The van der Waals surface area contributed by atoms with E-state index in [1.165, 1.54) is 45.2 Å². The number of hydrogen-bond acceptors (Lipinski definition) is 5. The largest absolute Gasteiger partial charge is 0.468 e. The van der Waals surface area contributed by atoms with Crippen molar-refractivity contribution in [2.24, 2.45) is 0 Å². The lowest BCUT2D eigenvalue weighted by Crippen LogP contribution is -2.52. The topological polar surface area (TPSA) is 89.5 Å². The maximum Gasteiger partial charge on any atom is 0.326 e. The summed E-state index contributed by atoms with van der Waals surface area (Å²) in [5, 5.41) is 0. The lowest BCUT2D eigenvalue weighted by atomic mass is 10.0. The standard InChI is InChI=1S/C14H19NO5S/c1-5-14(3,13(17)20-4)15-21(18,19)12-8-6-11(7-9-12)10(2)16/h6-9,15H,5H2,1-4H3/t14-/m0/s1. The number of methoxy groups -OCH3 is 1. The van der Waals surface area contributed by atoms with E-state index in [0.29, 0.717) is 5.56 Å². The molecule has 0 heterocycles. The molecule has 0 aromatic heterocycles. The Morgan fingerprint density at radius 1 is 1.24 bits per heavy atom. The van der Waals surface area contributed by atoms with E-state index < -0.39 is 21.5 Å². The van der Waals surface area contributed by atoms with E-state index in [1.54, 1.807) is 6.92 Å². The van der Waals surface area contributed by atoms with E-state index in [1.807, 2.05) is 0 Å². The van der Waals surface area contributed by atoms with Crippen molar-refractivity contribution in [3.05, 3.63) is 29.8 Å². The predicted octanol–water partition coefficient (Wildman–Crippen LogP) is 1.51. The molecule has 0 saturated heterocycles. The van der Waals surface area contributed by atoms with Crippen LogP contribution in [-0.4, -0.2) is 32.8 Å². The molecule has 6 nitrogen and oxygen atoms in total. The first-order valence-corrected chi connectivity index (χ1v) is 7.88. The van der Waals surface area contributed by atoms with E-state index in [4.69, 9.17) is 0 Å². The normalized spacial score (nSPS) is 14.3. The number of sulfonamides is 1. The second kappa shape index (κ2) is 6.36. The number of esters is 1. The molecule has 0 unspecified atom stereocenters. The summed E-state index contributed by atoms with van der Waals surface area (Å²) in [7, 11) is -2.69. The number of ether oxygens (including phenoxy) is 1. The Morgan fingerprint density at radius 2 is 1.76 bits per heavy atom. The molecule has 1 N–H and O–H groups in total. The van der Waals surface area contributed by atoms with Gasteiger partial charge in [-0.25, -0.2) is 8.42 Å². The second-order valence-corrected chi connectivity index (χ2v) is 6.55. The summed E-state index contributed by atoms with van der Waals surface area (Å²) in [6, 6.07) is 5.51. The van der Waals surface area contributed by atoms with Crippen LogP contribution >= 0.6 is 0 Å². The van der Waals surface area contributed by atoms with Gasteiger partial charge in [-0.2, -0.15) is 4.72 Å². The number of Topliss-reactive ketones (excluding diaryl/α,β-unsaturated/α-hetero) is 1. The van der Waals surface area contributed by atoms with Gasteiger partial charge >= 0.3 is 5.97 Å². The smallest absolute Gasteiger partial charge is 0.326 e. The van der Waals surface area contributed by atoms with Crippen molar-refractivity contribution in [2.75, 3.05) is 7.11 Å². The summed E-state index contributed by atoms with van der Waals surface area (Å²) in [4.78, 5) is 22.9. The van der Waals surface area contributed by atoms with Crippen LogP contribution in [0.5, 0.6) is 0 Å². The van der Waals surface area contributed by atoms with Crippen molar-refractivity contribution in [1.29, 1.82) is 0 Å². The third kappa shape index (κ3) is 3.89. The van der Waals surface area contributed by atoms with Gasteiger partial charge in [0.05, 0.1) is 12.0 Å². The number of rotatable bonds is 6. The van der Waals surface area contributed by atoms with Gasteiger partial charge in [0.25, 0.3) is 0 Å². The molecule has 1 aromatic carbocycles. The molecule has 116 valence electrons. The Hall–Kier alpha value is -1.73. The summed E-state index contributed by atoms with van der Waals surface area (Å²) < 4.78 is 31.6. The molecular weight excluding hydrogens is 294 g/mol. The molecule has 0 spiro atoms. The van der Waals surface area contributed by atoms with E-state index >= 15 is 0 Å². The zero-order valence-corrected chi connectivity index (χ0v) is 13.3. The fraction of sp³-hybridized carbons (Fsp3) is 0.429. The fourth-order valence-electron chi connectivity index (χ4n) is 1.71.